The van der Waals surface area contributed by atoms with Crippen molar-refractivity contribution in [2.24, 2.45) is 5.92 Å². The molecule has 2 aliphatic rings. The molecule has 1 amide bonds. The number of thiazole rings is 1. The van der Waals surface area contributed by atoms with E-state index in [-0.39, 0.29) is 17.9 Å². The van der Waals surface area contributed by atoms with Crippen LogP contribution in [0.4, 0.5) is 0 Å². The Kier molecular flexibility index (Phi) is 5.08. The summed E-state index contributed by atoms with van der Waals surface area (Å²) in [6, 6.07) is 10.1. The Bertz CT molecular complexity index is 779. The molecule has 0 spiro atoms. The summed E-state index contributed by atoms with van der Waals surface area (Å²) in [6.45, 7) is 0.581. The third-order valence-corrected chi connectivity index (χ3v) is 7.75. The number of rotatable bonds is 3. The van der Waals surface area contributed by atoms with Crippen molar-refractivity contribution < 1.29 is 9.90 Å². The number of hydrogen-bond acceptors (Lipinski definition) is 5. The Morgan fingerprint density at radius 1 is 1.31 bits per heavy atom. The lowest BCUT2D eigenvalue weighted by Gasteiger charge is -2.52. The number of carbonyl (C=O) groups is 1. The van der Waals surface area contributed by atoms with Crippen LogP contribution >= 0.6 is 23.1 Å². The largest absolute Gasteiger partial charge is 0.385 e. The van der Waals surface area contributed by atoms with E-state index >= 15 is 0 Å². The Morgan fingerprint density at radius 3 is 2.81 bits per heavy atom. The number of nitrogens with zero attached hydrogens (tertiary/aromatic N) is 2. The predicted octanol–water partition coefficient (Wildman–Crippen LogP) is 4.16. The Balaban J connectivity index is 1.63. The van der Waals surface area contributed by atoms with Gasteiger partial charge in [-0.25, -0.2) is 4.98 Å². The van der Waals surface area contributed by atoms with Gasteiger partial charge in [0.1, 0.15) is 10.0 Å². The number of benzene rings is 1. The molecular formula is C20H24N2O2S2. The van der Waals surface area contributed by atoms with Gasteiger partial charge in [0.2, 0.25) is 0 Å². The topological polar surface area (TPSA) is 53.4 Å². The number of fused-ring (bicyclic) bond motifs is 1. The zero-order chi connectivity index (χ0) is 18.1. The van der Waals surface area contributed by atoms with Crippen LogP contribution in [0.25, 0.3) is 0 Å². The molecule has 0 unspecified atom stereocenters. The summed E-state index contributed by atoms with van der Waals surface area (Å²) in [6.07, 6.45) is 6.72. The molecule has 2 aromatic rings. The molecule has 1 saturated heterocycles. The quantitative estimate of drug-likeness (QED) is 0.802. The highest BCUT2D eigenvalue weighted by Gasteiger charge is 2.50. The molecule has 2 heterocycles. The van der Waals surface area contributed by atoms with E-state index in [4.69, 9.17) is 0 Å². The van der Waals surface area contributed by atoms with Crippen LogP contribution in [0.3, 0.4) is 0 Å². The molecule has 1 N–H and O–H groups in total. The van der Waals surface area contributed by atoms with Crippen molar-refractivity contribution in [2.75, 3.05) is 12.8 Å². The van der Waals surface area contributed by atoms with Gasteiger partial charge in [-0.3, -0.25) is 4.79 Å². The van der Waals surface area contributed by atoms with Crippen LogP contribution in [0.15, 0.2) is 40.1 Å². The van der Waals surface area contributed by atoms with Gasteiger partial charge in [0, 0.05) is 23.9 Å². The average molecular weight is 389 g/mol. The summed E-state index contributed by atoms with van der Waals surface area (Å²) >= 11 is 3.09. The van der Waals surface area contributed by atoms with Crippen molar-refractivity contribution in [3.05, 3.63) is 47.0 Å². The molecule has 2 fully saturated rings. The third kappa shape index (κ3) is 3.08. The second kappa shape index (κ2) is 7.33. The van der Waals surface area contributed by atoms with E-state index in [0.717, 1.165) is 35.6 Å². The fraction of sp³-hybridized carbons (Fsp3) is 0.500. The molecule has 6 heteroatoms. The number of thioether (sulfide) groups is 1. The minimum Gasteiger partial charge on any atom is -0.385 e. The van der Waals surface area contributed by atoms with Crippen LogP contribution in [0.5, 0.6) is 0 Å². The highest BCUT2D eigenvalue weighted by Crippen LogP contribution is 2.47. The molecule has 1 aromatic heterocycles. The van der Waals surface area contributed by atoms with Gasteiger partial charge in [0.25, 0.3) is 5.91 Å². The first-order valence-corrected chi connectivity index (χ1v) is 11.3. The average Bonchev–Trinajstić information content (AvgIpc) is 3.18. The summed E-state index contributed by atoms with van der Waals surface area (Å²) < 4.78 is 0.923. The first-order chi connectivity index (χ1) is 12.6. The fourth-order valence-corrected chi connectivity index (χ4v) is 5.85. The molecule has 1 aliphatic carbocycles. The van der Waals surface area contributed by atoms with Crippen LogP contribution < -0.4 is 0 Å². The van der Waals surface area contributed by atoms with Crippen molar-refractivity contribution in [3.8, 4) is 0 Å². The number of aliphatic hydroxyl groups is 1. The Hall–Kier alpha value is -1.37. The van der Waals surface area contributed by atoms with E-state index in [1.807, 2.05) is 46.9 Å². The van der Waals surface area contributed by atoms with Gasteiger partial charge < -0.3 is 10.0 Å². The van der Waals surface area contributed by atoms with Crippen molar-refractivity contribution >= 4 is 29.0 Å². The second-order valence-corrected chi connectivity index (χ2v) is 9.11. The maximum atomic E-state index is 13.1. The minimum absolute atomic E-state index is 0.0218. The highest BCUT2D eigenvalue weighted by molar-refractivity contribution is 8.00. The molecule has 1 aliphatic heterocycles. The molecule has 3 atom stereocenters. The highest BCUT2D eigenvalue weighted by atomic mass is 32.2. The third-order valence-electron chi connectivity index (χ3n) is 5.89. The normalized spacial score (nSPS) is 28.6. The maximum Gasteiger partial charge on any atom is 0.273 e. The summed E-state index contributed by atoms with van der Waals surface area (Å²) in [4.78, 5) is 19.6. The number of amides is 1. The van der Waals surface area contributed by atoms with Crippen molar-refractivity contribution in [3.63, 3.8) is 0 Å². The van der Waals surface area contributed by atoms with E-state index in [9.17, 15) is 9.90 Å². The summed E-state index contributed by atoms with van der Waals surface area (Å²) in [5.41, 5.74) is 0.700. The van der Waals surface area contributed by atoms with Crippen LogP contribution in [0.1, 0.15) is 48.2 Å². The van der Waals surface area contributed by atoms with Crippen molar-refractivity contribution in [2.45, 2.75) is 48.1 Å². The van der Waals surface area contributed by atoms with Gasteiger partial charge in [-0.1, -0.05) is 54.9 Å². The zero-order valence-corrected chi connectivity index (χ0v) is 16.6. The molecule has 1 aromatic carbocycles. The van der Waals surface area contributed by atoms with Crippen LogP contribution in [0.2, 0.25) is 0 Å². The SMILES string of the molecule is CSc1nc(C(=O)N2CC[C@@](O)(c3ccccc3)[C@@H]3CCCC[C@H]32)cs1. The second-order valence-electron chi connectivity index (χ2n) is 7.20. The standard InChI is InChI=1S/C20H24N2O2S2/c1-25-19-21-16(13-26-19)18(23)22-12-11-20(24,14-7-3-2-4-8-14)15-9-5-6-10-17(15)22/h2-4,7-8,13,15,17,24H,5-6,9-12H2,1H3/t15-,17-,20-/m1/s1. The summed E-state index contributed by atoms with van der Waals surface area (Å²) in [5, 5.41) is 13.5. The maximum absolute atomic E-state index is 13.1. The number of carbonyl (C=O) groups excluding carboxylic acids is 1. The van der Waals surface area contributed by atoms with Gasteiger partial charge in [0.15, 0.2) is 0 Å². The Morgan fingerprint density at radius 2 is 2.08 bits per heavy atom. The molecule has 4 rings (SSSR count). The van der Waals surface area contributed by atoms with Gasteiger partial charge in [-0.2, -0.15) is 0 Å². The lowest BCUT2D eigenvalue weighted by molar-refractivity contribution is -0.110. The van der Waals surface area contributed by atoms with Gasteiger partial charge in [-0.05, 0) is 31.1 Å². The molecule has 26 heavy (non-hydrogen) atoms. The van der Waals surface area contributed by atoms with Crippen LogP contribution in [0, 0.1) is 5.92 Å². The molecule has 0 bridgehead atoms. The van der Waals surface area contributed by atoms with E-state index in [2.05, 4.69) is 4.98 Å². The number of hydrogen-bond donors (Lipinski definition) is 1. The Labute approximate surface area is 162 Å². The van der Waals surface area contributed by atoms with Gasteiger partial charge in [0.05, 0.1) is 5.60 Å². The van der Waals surface area contributed by atoms with Crippen molar-refractivity contribution in [1.29, 1.82) is 0 Å². The summed E-state index contributed by atoms with van der Waals surface area (Å²) in [5.74, 6) is 0.114. The minimum atomic E-state index is -0.838. The van der Waals surface area contributed by atoms with E-state index in [0.29, 0.717) is 18.7 Å². The molecular weight excluding hydrogens is 364 g/mol. The monoisotopic (exact) mass is 388 g/mol. The predicted molar refractivity (Wildman–Crippen MR) is 106 cm³/mol. The molecule has 1 saturated carbocycles. The van der Waals surface area contributed by atoms with E-state index < -0.39 is 5.60 Å². The number of piperidine rings is 1. The molecule has 0 radical (unpaired) electrons. The molecule has 138 valence electrons. The lowest BCUT2D eigenvalue weighted by Crippen LogP contribution is -2.59. The lowest BCUT2D eigenvalue weighted by atomic mass is 9.66. The number of aromatic nitrogens is 1. The number of likely N-dealkylation sites (tertiary alicyclic amines) is 1. The van der Waals surface area contributed by atoms with Crippen LogP contribution in [-0.2, 0) is 5.60 Å². The van der Waals surface area contributed by atoms with Crippen LogP contribution in [-0.4, -0.2) is 39.7 Å². The summed E-state index contributed by atoms with van der Waals surface area (Å²) in [7, 11) is 0. The van der Waals surface area contributed by atoms with E-state index in [1.165, 1.54) is 11.3 Å². The molecule has 4 nitrogen and oxygen atoms in total. The van der Waals surface area contributed by atoms with E-state index in [1.54, 1.807) is 11.8 Å². The first kappa shape index (κ1) is 18.0. The van der Waals surface area contributed by atoms with Gasteiger partial charge in [-0.15, -0.1) is 11.3 Å². The fourth-order valence-electron chi connectivity index (χ4n) is 4.62. The smallest absolute Gasteiger partial charge is 0.273 e. The van der Waals surface area contributed by atoms with Gasteiger partial charge >= 0.3 is 0 Å². The first-order valence-electron chi connectivity index (χ1n) is 9.22. The van der Waals surface area contributed by atoms with Crippen molar-refractivity contribution in [1.82, 2.24) is 9.88 Å². The zero-order valence-electron chi connectivity index (χ0n) is 14.9.